The van der Waals surface area contributed by atoms with Crippen molar-refractivity contribution < 1.29 is 14.6 Å². The van der Waals surface area contributed by atoms with Gasteiger partial charge in [-0.25, -0.2) is 4.79 Å². The van der Waals surface area contributed by atoms with Gasteiger partial charge in [0.05, 0.1) is 6.54 Å². The van der Waals surface area contributed by atoms with Crippen LogP contribution >= 0.6 is 0 Å². The smallest absolute Gasteiger partial charge is 0.354 e. The topological polar surface area (TPSA) is 58.9 Å². The first-order chi connectivity index (χ1) is 9.74. The van der Waals surface area contributed by atoms with E-state index in [1.807, 2.05) is 42.5 Å². The molecule has 1 N–H and O–H groups in total. The van der Waals surface area contributed by atoms with Gasteiger partial charge in [-0.1, -0.05) is 36.4 Å². The molecular formula is C16H13NO3. The highest BCUT2D eigenvalue weighted by atomic mass is 16.5. The second-order valence-corrected chi connectivity index (χ2v) is 4.56. The monoisotopic (exact) mass is 267 g/mol. The Morgan fingerprint density at radius 1 is 1.20 bits per heavy atom. The molecule has 4 nitrogen and oxygen atoms in total. The number of hydrogen-bond acceptors (Lipinski definition) is 3. The number of fused-ring (bicyclic) bond motifs is 1. The van der Waals surface area contributed by atoms with Crippen molar-refractivity contribution in [3.8, 4) is 5.75 Å². The fraction of sp³-hybridized carbons (Fsp3) is 0.125. The zero-order valence-electron chi connectivity index (χ0n) is 10.7. The summed E-state index contributed by atoms with van der Waals surface area (Å²) in [6.45, 7) is 0.884. The number of nitrogens with zero attached hydrogens (tertiary/aromatic N) is 1. The molecule has 100 valence electrons. The summed E-state index contributed by atoms with van der Waals surface area (Å²) in [5.74, 6) is -0.340. The van der Waals surface area contributed by atoms with Crippen LogP contribution in [0.2, 0.25) is 0 Å². The number of carboxylic acids is 1. The Bertz CT molecular complexity index is 677. The van der Waals surface area contributed by atoms with E-state index in [0.717, 1.165) is 11.1 Å². The molecule has 3 rings (SSSR count). The number of carboxylic acid groups (broad SMARTS) is 1. The number of aliphatic imine (C=N–C) groups is 1. The Balaban J connectivity index is 1.78. The minimum atomic E-state index is -0.996. The van der Waals surface area contributed by atoms with Gasteiger partial charge in [0.15, 0.2) is 5.71 Å². The van der Waals surface area contributed by atoms with Crippen LogP contribution in [0.4, 0.5) is 0 Å². The Morgan fingerprint density at radius 2 is 2.00 bits per heavy atom. The standard InChI is InChI=1S/C16H13NO3/c18-16(19)15-14-8-13(7-6-12(14)9-17-15)20-10-11-4-2-1-3-5-11/h1-8H,9-10H2,(H,18,19). The first-order valence-electron chi connectivity index (χ1n) is 6.32. The average molecular weight is 267 g/mol. The second-order valence-electron chi connectivity index (χ2n) is 4.56. The van der Waals surface area contributed by atoms with Gasteiger partial charge >= 0.3 is 5.97 Å². The lowest BCUT2D eigenvalue weighted by molar-refractivity contribution is -0.129. The third kappa shape index (κ3) is 2.40. The number of ether oxygens (including phenoxy) is 1. The van der Waals surface area contributed by atoms with Crippen molar-refractivity contribution in [1.29, 1.82) is 0 Å². The largest absolute Gasteiger partial charge is 0.489 e. The highest BCUT2D eigenvalue weighted by molar-refractivity contribution is 6.43. The van der Waals surface area contributed by atoms with E-state index in [1.165, 1.54) is 0 Å². The van der Waals surface area contributed by atoms with Crippen molar-refractivity contribution >= 4 is 11.7 Å². The van der Waals surface area contributed by atoms with Gasteiger partial charge in [0.25, 0.3) is 0 Å². The fourth-order valence-corrected chi connectivity index (χ4v) is 2.18. The summed E-state index contributed by atoms with van der Waals surface area (Å²) in [7, 11) is 0. The van der Waals surface area contributed by atoms with E-state index in [1.54, 1.807) is 6.07 Å². The molecule has 1 aliphatic heterocycles. The molecule has 1 heterocycles. The van der Waals surface area contributed by atoms with Crippen molar-refractivity contribution in [3.63, 3.8) is 0 Å². The molecule has 2 aromatic carbocycles. The van der Waals surface area contributed by atoms with Crippen LogP contribution in [0.25, 0.3) is 0 Å². The number of benzene rings is 2. The third-order valence-corrected chi connectivity index (χ3v) is 3.19. The summed E-state index contributed by atoms with van der Waals surface area (Å²) in [5.41, 5.74) is 2.77. The van der Waals surface area contributed by atoms with Gasteiger partial charge in [0.2, 0.25) is 0 Å². The minimum absolute atomic E-state index is 0.116. The fourth-order valence-electron chi connectivity index (χ4n) is 2.18. The molecule has 4 heteroatoms. The van der Waals surface area contributed by atoms with Crippen molar-refractivity contribution in [2.75, 3.05) is 0 Å². The molecule has 0 fully saturated rings. The van der Waals surface area contributed by atoms with Crippen LogP contribution in [0.5, 0.6) is 5.75 Å². The average Bonchev–Trinajstić information content (AvgIpc) is 2.89. The highest BCUT2D eigenvalue weighted by Crippen LogP contribution is 2.24. The number of carbonyl (C=O) groups is 1. The molecule has 0 atom stereocenters. The Kier molecular flexibility index (Phi) is 3.21. The van der Waals surface area contributed by atoms with Crippen LogP contribution in [0.1, 0.15) is 16.7 Å². The number of rotatable bonds is 4. The lowest BCUT2D eigenvalue weighted by atomic mass is 10.1. The van der Waals surface area contributed by atoms with Gasteiger partial charge in [-0.3, -0.25) is 4.99 Å². The molecule has 0 amide bonds. The van der Waals surface area contributed by atoms with Crippen LogP contribution in [0.15, 0.2) is 53.5 Å². The molecule has 0 aliphatic carbocycles. The molecule has 0 bridgehead atoms. The highest BCUT2D eigenvalue weighted by Gasteiger charge is 2.22. The van der Waals surface area contributed by atoms with Gasteiger partial charge in [-0.2, -0.15) is 0 Å². The molecule has 0 spiro atoms. The summed E-state index contributed by atoms with van der Waals surface area (Å²) in [6.07, 6.45) is 0. The van der Waals surface area contributed by atoms with E-state index < -0.39 is 5.97 Å². The van der Waals surface area contributed by atoms with Gasteiger partial charge in [-0.15, -0.1) is 0 Å². The molecular weight excluding hydrogens is 254 g/mol. The van der Waals surface area contributed by atoms with Crippen molar-refractivity contribution in [2.24, 2.45) is 4.99 Å². The van der Waals surface area contributed by atoms with Crippen LogP contribution in [-0.2, 0) is 17.9 Å². The van der Waals surface area contributed by atoms with E-state index in [2.05, 4.69) is 4.99 Å². The summed E-state index contributed by atoms with van der Waals surface area (Å²) in [5, 5.41) is 9.09. The molecule has 0 unspecified atom stereocenters. The van der Waals surface area contributed by atoms with Gasteiger partial charge < -0.3 is 9.84 Å². The SMILES string of the molecule is O=C(O)C1=NCc2ccc(OCc3ccccc3)cc21. The molecule has 0 saturated heterocycles. The second kappa shape index (κ2) is 5.17. The molecule has 2 aromatic rings. The van der Waals surface area contributed by atoms with E-state index in [0.29, 0.717) is 24.5 Å². The van der Waals surface area contributed by atoms with Crippen molar-refractivity contribution in [1.82, 2.24) is 0 Å². The predicted molar refractivity (Wildman–Crippen MR) is 75.1 cm³/mol. The maximum Gasteiger partial charge on any atom is 0.354 e. The minimum Gasteiger partial charge on any atom is -0.489 e. The molecule has 20 heavy (non-hydrogen) atoms. The van der Waals surface area contributed by atoms with E-state index in [-0.39, 0.29) is 5.71 Å². The summed E-state index contributed by atoms with van der Waals surface area (Å²) < 4.78 is 5.70. The van der Waals surface area contributed by atoms with Crippen LogP contribution in [-0.4, -0.2) is 16.8 Å². The first-order valence-corrected chi connectivity index (χ1v) is 6.32. The summed E-state index contributed by atoms with van der Waals surface area (Å²) in [6, 6.07) is 15.3. The Morgan fingerprint density at radius 3 is 2.75 bits per heavy atom. The molecule has 0 aromatic heterocycles. The third-order valence-electron chi connectivity index (χ3n) is 3.19. The summed E-state index contributed by atoms with van der Waals surface area (Å²) in [4.78, 5) is 15.1. The van der Waals surface area contributed by atoms with Gasteiger partial charge in [0, 0.05) is 5.56 Å². The number of aliphatic carboxylic acids is 1. The van der Waals surface area contributed by atoms with E-state index in [9.17, 15) is 4.79 Å². The zero-order chi connectivity index (χ0) is 13.9. The van der Waals surface area contributed by atoms with Crippen molar-refractivity contribution in [3.05, 3.63) is 65.2 Å². The van der Waals surface area contributed by atoms with Gasteiger partial charge in [-0.05, 0) is 23.3 Å². The lowest BCUT2D eigenvalue weighted by Crippen LogP contribution is -2.12. The van der Waals surface area contributed by atoms with Crippen LogP contribution in [0.3, 0.4) is 0 Å². The van der Waals surface area contributed by atoms with E-state index >= 15 is 0 Å². The van der Waals surface area contributed by atoms with Gasteiger partial charge in [0.1, 0.15) is 12.4 Å². The summed E-state index contributed by atoms with van der Waals surface area (Å²) >= 11 is 0. The normalized spacial score (nSPS) is 12.7. The van der Waals surface area contributed by atoms with Crippen LogP contribution in [0, 0.1) is 0 Å². The zero-order valence-corrected chi connectivity index (χ0v) is 10.7. The molecule has 0 radical (unpaired) electrons. The first kappa shape index (κ1) is 12.4. The predicted octanol–water partition coefficient (Wildman–Crippen LogP) is 2.65. The quantitative estimate of drug-likeness (QED) is 0.926. The number of hydrogen-bond donors (Lipinski definition) is 1. The van der Waals surface area contributed by atoms with Crippen molar-refractivity contribution in [2.45, 2.75) is 13.2 Å². The maximum absolute atomic E-state index is 11.1. The van der Waals surface area contributed by atoms with Crippen LogP contribution < -0.4 is 4.74 Å². The Labute approximate surface area is 116 Å². The molecule has 0 saturated carbocycles. The maximum atomic E-state index is 11.1. The lowest BCUT2D eigenvalue weighted by Gasteiger charge is -2.08. The molecule has 1 aliphatic rings. The van der Waals surface area contributed by atoms with E-state index in [4.69, 9.17) is 9.84 Å². The Hall–Kier alpha value is -2.62.